The predicted molar refractivity (Wildman–Crippen MR) is 125 cm³/mol. The molecule has 0 spiro atoms. The van der Waals surface area contributed by atoms with E-state index in [9.17, 15) is 4.79 Å². The molecule has 0 radical (unpaired) electrons. The minimum absolute atomic E-state index is 0.0690. The van der Waals surface area contributed by atoms with Gasteiger partial charge in [0.15, 0.2) is 0 Å². The fourth-order valence-electron chi connectivity index (χ4n) is 3.85. The Kier molecular flexibility index (Phi) is 5.19. The molecule has 31 heavy (non-hydrogen) atoms. The van der Waals surface area contributed by atoms with E-state index in [4.69, 9.17) is 4.98 Å². The highest BCUT2D eigenvalue weighted by molar-refractivity contribution is 7.13. The molecule has 158 valence electrons. The van der Waals surface area contributed by atoms with Crippen LogP contribution < -0.4 is 10.6 Å². The number of para-hydroxylation sites is 1. The van der Waals surface area contributed by atoms with E-state index in [1.807, 2.05) is 50.5 Å². The number of anilines is 1. The molecule has 3 N–H and O–H groups in total. The normalized spacial score (nSPS) is 14.5. The van der Waals surface area contributed by atoms with E-state index in [0.29, 0.717) is 17.2 Å². The summed E-state index contributed by atoms with van der Waals surface area (Å²) in [6.07, 6.45) is 4.92. The van der Waals surface area contributed by atoms with Gasteiger partial charge in [0.25, 0.3) is 5.91 Å². The van der Waals surface area contributed by atoms with Gasteiger partial charge >= 0.3 is 0 Å². The Labute approximate surface area is 185 Å². The highest BCUT2D eigenvalue weighted by atomic mass is 32.1. The van der Waals surface area contributed by atoms with Crippen molar-refractivity contribution in [2.24, 2.45) is 0 Å². The van der Waals surface area contributed by atoms with Crippen LogP contribution in [-0.2, 0) is 6.42 Å². The molecule has 6 nitrogen and oxygen atoms in total. The SMILES string of the molecule is CNc1cc(C(Cc2c[nH]c3ccccc23)NC(=O)c2ccc(C)s2)nc(C2CC2)n1. The number of H-pyrrole nitrogens is 1. The lowest BCUT2D eigenvalue weighted by Gasteiger charge is -2.19. The van der Waals surface area contributed by atoms with Crippen LogP contribution in [-0.4, -0.2) is 27.9 Å². The van der Waals surface area contributed by atoms with Gasteiger partial charge in [-0.25, -0.2) is 9.97 Å². The van der Waals surface area contributed by atoms with Crippen LogP contribution in [0.3, 0.4) is 0 Å². The average molecular weight is 432 g/mol. The maximum Gasteiger partial charge on any atom is 0.261 e. The number of rotatable bonds is 7. The third kappa shape index (κ3) is 4.18. The highest BCUT2D eigenvalue weighted by Gasteiger charge is 2.29. The van der Waals surface area contributed by atoms with E-state index in [-0.39, 0.29) is 11.9 Å². The Morgan fingerprint density at radius 2 is 2.06 bits per heavy atom. The van der Waals surface area contributed by atoms with Crippen molar-refractivity contribution in [3.63, 3.8) is 0 Å². The fraction of sp³-hybridized carbons (Fsp3) is 0.292. The molecule has 1 aliphatic carbocycles. The fourth-order valence-corrected chi connectivity index (χ4v) is 4.62. The van der Waals surface area contributed by atoms with Crippen molar-refractivity contribution < 1.29 is 4.79 Å². The van der Waals surface area contributed by atoms with Gasteiger partial charge in [0.2, 0.25) is 0 Å². The summed E-state index contributed by atoms with van der Waals surface area (Å²) in [7, 11) is 1.87. The van der Waals surface area contributed by atoms with Crippen molar-refractivity contribution >= 4 is 34.0 Å². The zero-order valence-electron chi connectivity index (χ0n) is 17.6. The molecule has 1 saturated carbocycles. The lowest BCUT2D eigenvalue weighted by Crippen LogP contribution is -2.30. The number of amides is 1. The number of aryl methyl sites for hydroxylation is 1. The molecule has 1 amide bonds. The highest BCUT2D eigenvalue weighted by Crippen LogP contribution is 2.39. The molecule has 1 aliphatic rings. The number of aromatic nitrogens is 3. The van der Waals surface area contributed by atoms with Gasteiger partial charge in [0.05, 0.1) is 16.6 Å². The Bertz CT molecular complexity index is 1240. The largest absolute Gasteiger partial charge is 0.373 e. The van der Waals surface area contributed by atoms with Crippen LogP contribution in [0.25, 0.3) is 10.9 Å². The smallest absolute Gasteiger partial charge is 0.261 e. The number of hydrogen-bond acceptors (Lipinski definition) is 5. The van der Waals surface area contributed by atoms with E-state index in [0.717, 1.165) is 46.1 Å². The maximum atomic E-state index is 13.1. The summed E-state index contributed by atoms with van der Waals surface area (Å²) in [5.74, 6) is 2.01. The molecule has 7 heteroatoms. The standard InChI is InChI=1S/C24H25N5OS/c1-14-7-10-21(31-14)24(30)28-19(11-16-13-26-18-6-4-3-5-17(16)18)20-12-22(25-2)29-23(27-20)15-8-9-15/h3-7,10,12-13,15,19,26H,8-9,11H2,1-2H3,(H,28,30)(H,25,27,29). The van der Waals surface area contributed by atoms with Gasteiger partial charge in [0.1, 0.15) is 11.6 Å². The second-order valence-electron chi connectivity index (χ2n) is 8.06. The number of benzene rings is 1. The van der Waals surface area contributed by atoms with Crippen LogP contribution in [0, 0.1) is 6.92 Å². The minimum atomic E-state index is -0.262. The van der Waals surface area contributed by atoms with Crippen LogP contribution in [0.4, 0.5) is 5.82 Å². The van der Waals surface area contributed by atoms with Crippen molar-refractivity contribution in [2.75, 3.05) is 12.4 Å². The molecule has 3 heterocycles. The van der Waals surface area contributed by atoms with Gasteiger partial charge in [-0.3, -0.25) is 4.79 Å². The first-order valence-corrected chi connectivity index (χ1v) is 11.4. The monoisotopic (exact) mass is 431 g/mol. The van der Waals surface area contributed by atoms with Crippen LogP contribution in [0.15, 0.2) is 48.7 Å². The predicted octanol–water partition coefficient (Wildman–Crippen LogP) is 4.96. The van der Waals surface area contributed by atoms with Crippen LogP contribution in [0.2, 0.25) is 0 Å². The van der Waals surface area contributed by atoms with E-state index >= 15 is 0 Å². The van der Waals surface area contributed by atoms with E-state index < -0.39 is 0 Å². The molecule has 1 unspecified atom stereocenters. The third-order valence-corrected chi connectivity index (χ3v) is 6.69. The Balaban J connectivity index is 1.52. The van der Waals surface area contributed by atoms with Crippen LogP contribution in [0.5, 0.6) is 0 Å². The second-order valence-corrected chi connectivity index (χ2v) is 9.35. The summed E-state index contributed by atoms with van der Waals surface area (Å²) in [5, 5.41) is 7.56. The van der Waals surface area contributed by atoms with Gasteiger partial charge in [-0.1, -0.05) is 18.2 Å². The van der Waals surface area contributed by atoms with E-state index in [2.05, 4.69) is 32.7 Å². The third-order valence-electron chi connectivity index (χ3n) is 5.69. The summed E-state index contributed by atoms with van der Waals surface area (Å²) in [6, 6.07) is 13.8. The minimum Gasteiger partial charge on any atom is -0.373 e. The molecule has 1 atom stereocenters. The van der Waals surface area contributed by atoms with Crippen molar-refractivity contribution in [2.45, 2.75) is 38.1 Å². The number of thiophene rings is 1. The second kappa shape index (κ2) is 8.15. The number of nitrogens with one attached hydrogen (secondary N) is 3. The molecule has 0 aliphatic heterocycles. The number of carbonyl (C=O) groups is 1. The number of hydrogen-bond donors (Lipinski definition) is 3. The number of nitrogens with zero attached hydrogens (tertiary/aromatic N) is 2. The molecular weight excluding hydrogens is 406 g/mol. The number of carbonyl (C=O) groups excluding carboxylic acids is 1. The van der Waals surface area contributed by atoms with Gasteiger partial charge in [-0.15, -0.1) is 11.3 Å². The summed E-state index contributed by atoms with van der Waals surface area (Å²) < 4.78 is 0. The number of aromatic amines is 1. The molecule has 1 fully saturated rings. The van der Waals surface area contributed by atoms with Gasteiger partial charge in [-0.05, 0) is 43.5 Å². The quantitative estimate of drug-likeness (QED) is 0.386. The first kappa shape index (κ1) is 19.8. The van der Waals surface area contributed by atoms with Crippen LogP contribution in [0.1, 0.15) is 56.4 Å². The molecule has 3 aromatic heterocycles. The Morgan fingerprint density at radius 3 is 2.81 bits per heavy atom. The first-order chi connectivity index (χ1) is 15.1. The van der Waals surface area contributed by atoms with E-state index in [1.165, 1.54) is 16.7 Å². The summed E-state index contributed by atoms with van der Waals surface area (Å²) in [4.78, 5) is 27.8. The van der Waals surface area contributed by atoms with E-state index in [1.54, 1.807) is 0 Å². The lowest BCUT2D eigenvalue weighted by molar-refractivity contribution is 0.0939. The van der Waals surface area contributed by atoms with Gasteiger partial charge < -0.3 is 15.6 Å². The molecule has 1 aromatic carbocycles. The van der Waals surface area contributed by atoms with Crippen molar-refractivity contribution in [3.05, 3.63) is 75.5 Å². The summed E-state index contributed by atoms with van der Waals surface area (Å²) in [5.41, 5.74) is 3.09. The Hall–Kier alpha value is -3.19. The maximum absolute atomic E-state index is 13.1. The molecule has 0 bridgehead atoms. The van der Waals surface area contributed by atoms with Crippen molar-refractivity contribution in [1.29, 1.82) is 0 Å². The summed E-state index contributed by atoms with van der Waals surface area (Å²) >= 11 is 1.51. The van der Waals surface area contributed by atoms with Crippen molar-refractivity contribution in [1.82, 2.24) is 20.3 Å². The topological polar surface area (TPSA) is 82.7 Å². The lowest BCUT2D eigenvalue weighted by atomic mass is 10.0. The molecule has 0 saturated heterocycles. The zero-order valence-corrected chi connectivity index (χ0v) is 18.4. The van der Waals surface area contributed by atoms with Crippen molar-refractivity contribution in [3.8, 4) is 0 Å². The summed E-state index contributed by atoms with van der Waals surface area (Å²) in [6.45, 7) is 2.01. The molecular formula is C24H25N5OS. The zero-order chi connectivity index (χ0) is 21.4. The molecule has 4 aromatic rings. The first-order valence-electron chi connectivity index (χ1n) is 10.6. The average Bonchev–Trinajstić information content (AvgIpc) is 3.43. The van der Waals surface area contributed by atoms with Gasteiger partial charge in [-0.2, -0.15) is 0 Å². The van der Waals surface area contributed by atoms with Crippen LogP contribution >= 0.6 is 11.3 Å². The number of fused-ring (bicyclic) bond motifs is 1. The molecule has 5 rings (SSSR count). The van der Waals surface area contributed by atoms with Gasteiger partial charge in [0, 0.05) is 47.4 Å². The Morgan fingerprint density at radius 1 is 1.23 bits per heavy atom.